The maximum atomic E-state index is 14.1. The molecule has 0 fully saturated rings. The molecule has 1 atom stereocenters. The van der Waals surface area contributed by atoms with Crippen LogP contribution in [0.15, 0.2) is 76.1 Å². The van der Waals surface area contributed by atoms with Gasteiger partial charge in [0, 0.05) is 18.1 Å². The molecule has 226 valence electrons. The fraction of sp³-hybridized carbons (Fsp3) is 0.355. The van der Waals surface area contributed by atoms with Gasteiger partial charge in [-0.3, -0.25) is 13.9 Å². The molecule has 0 unspecified atom stereocenters. The van der Waals surface area contributed by atoms with Gasteiger partial charge >= 0.3 is 0 Å². The Kier molecular flexibility index (Phi) is 12.3. The first-order valence-corrected chi connectivity index (χ1v) is 16.4. The van der Waals surface area contributed by atoms with Gasteiger partial charge in [0.2, 0.25) is 11.8 Å². The number of hydrogen-bond donors (Lipinski definition) is 1. The van der Waals surface area contributed by atoms with Crippen molar-refractivity contribution in [2.45, 2.75) is 57.5 Å². The normalized spacial score (nSPS) is 12.0. The molecule has 0 saturated heterocycles. The number of unbranched alkanes of at least 4 members (excludes halogenated alkanes) is 1. The van der Waals surface area contributed by atoms with Gasteiger partial charge in [-0.2, -0.15) is 0 Å². The number of methoxy groups -OCH3 is 1. The fourth-order valence-corrected chi connectivity index (χ4v) is 6.65. The standard InChI is InChI=1S/C31H37BrClN3O5S/c1-5-7-18-34-31(38)28(6-2)35(20-23-10-12-24(33)13-11-23)30(37)21-36(25-14-8-22(3)9-15-25)42(39,40)26-16-17-29(41-4)27(32)19-26/h8-17,19,28H,5-7,18,20-21H2,1-4H3,(H,34,38)/t28-/m1/s1. The van der Waals surface area contributed by atoms with Gasteiger partial charge in [-0.15, -0.1) is 0 Å². The smallest absolute Gasteiger partial charge is 0.264 e. The first kappa shape index (κ1) is 33.4. The van der Waals surface area contributed by atoms with Crippen molar-refractivity contribution in [2.24, 2.45) is 0 Å². The Balaban J connectivity index is 2.05. The van der Waals surface area contributed by atoms with Gasteiger partial charge in [0.15, 0.2) is 0 Å². The van der Waals surface area contributed by atoms with E-state index in [0.717, 1.165) is 28.3 Å². The Morgan fingerprint density at radius 3 is 2.26 bits per heavy atom. The van der Waals surface area contributed by atoms with Gasteiger partial charge in [-0.1, -0.05) is 61.7 Å². The van der Waals surface area contributed by atoms with Gasteiger partial charge in [-0.05, 0) is 83.7 Å². The van der Waals surface area contributed by atoms with Gasteiger partial charge in [0.1, 0.15) is 18.3 Å². The lowest BCUT2D eigenvalue weighted by molar-refractivity contribution is -0.140. The summed E-state index contributed by atoms with van der Waals surface area (Å²) in [6, 6.07) is 17.5. The number of ether oxygens (including phenoxy) is 1. The predicted molar refractivity (Wildman–Crippen MR) is 170 cm³/mol. The quantitative estimate of drug-likeness (QED) is 0.201. The van der Waals surface area contributed by atoms with Crippen molar-refractivity contribution in [3.63, 3.8) is 0 Å². The van der Waals surface area contributed by atoms with Crippen LogP contribution in [0.3, 0.4) is 0 Å². The highest BCUT2D eigenvalue weighted by atomic mass is 79.9. The minimum absolute atomic E-state index is 0.0165. The maximum Gasteiger partial charge on any atom is 0.264 e. The zero-order valence-electron chi connectivity index (χ0n) is 24.3. The Morgan fingerprint density at radius 2 is 1.69 bits per heavy atom. The second-order valence-electron chi connectivity index (χ2n) is 9.86. The van der Waals surface area contributed by atoms with Gasteiger partial charge in [0.25, 0.3) is 10.0 Å². The van der Waals surface area contributed by atoms with Crippen molar-refractivity contribution < 1.29 is 22.7 Å². The molecule has 0 aliphatic carbocycles. The largest absolute Gasteiger partial charge is 0.496 e. The molecule has 0 aliphatic rings. The Hall–Kier alpha value is -3.08. The SMILES string of the molecule is CCCCNC(=O)[C@@H](CC)N(Cc1ccc(Cl)cc1)C(=O)CN(c1ccc(C)cc1)S(=O)(=O)c1ccc(OC)c(Br)c1. The lowest BCUT2D eigenvalue weighted by Gasteiger charge is -2.33. The number of benzene rings is 3. The third-order valence-electron chi connectivity index (χ3n) is 6.79. The maximum absolute atomic E-state index is 14.1. The number of nitrogens with zero attached hydrogens (tertiary/aromatic N) is 2. The van der Waals surface area contributed by atoms with Gasteiger partial charge < -0.3 is 15.0 Å². The van der Waals surface area contributed by atoms with Crippen LogP contribution >= 0.6 is 27.5 Å². The lowest BCUT2D eigenvalue weighted by Crippen LogP contribution is -2.52. The van der Waals surface area contributed by atoms with Crippen LogP contribution in [-0.2, 0) is 26.2 Å². The van der Waals surface area contributed by atoms with E-state index in [1.807, 2.05) is 20.8 Å². The number of rotatable bonds is 14. The molecule has 8 nitrogen and oxygen atoms in total. The first-order valence-electron chi connectivity index (χ1n) is 13.8. The van der Waals surface area contributed by atoms with E-state index in [4.69, 9.17) is 16.3 Å². The molecule has 0 radical (unpaired) electrons. The minimum atomic E-state index is -4.21. The molecule has 42 heavy (non-hydrogen) atoms. The highest BCUT2D eigenvalue weighted by Gasteiger charge is 2.34. The van der Waals surface area contributed by atoms with E-state index in [2.05, 4.69) is 21.2 Å². The van der Waals surface area contributed by atoms with Crippen LogP contribution in [0.5, 0.6) is 5.75 Å². The molecule has 0 bridgehead atoms. The van der Waals surface area contributed by atoms with Crippen LogP contribution in [0, 0.1) is 6.92 Å². The van der Waals surface area contributed by atoms with Crippen molar-refractivity contribution >= 4 is 55.1 Å². The van der Waals surface area contributed by atoms with Gasteiger partial charge in [-0.25, -0.2) is 8.42 Å². The highest BCUT2D eigenvalue weighted by molar-refractivity contribution is 9.10. The molecule has 3 rings (SSSR count). The first-order chi connectivity index (χ1) is 20.0. The molecule has 3 aromatic rings. The van der Waals surface area contributed by atoms with Crippen molar-refractivity contribution in [1.82, 2.24) is 10.2 Å². The topological polar surface area (TPSA) is 96.0 Å². The number of aryl methyl sites for hydroxylation is 1. The van der Waals surface area contributed by atoms with E-state index in [1.54, 1.807) is 54.6 Å². The van der Waals surface area contributed by atoms with E-state index in [9.17, 15) is 18.0 Å². The number of carbonyl (C=O) groups excluding carboxylic acids is 2. The molecule has 0 aliphatic heterocycles. The summed E-state index contributed by atoms with van der Waals surface area (Å²) in [5.74, 6) is -0.322. The van der Waals surface area contributed by atoms with E-state index in [-0.39, 0.29) is 17.3 Å². The van der Waals surface area contributed by atoms with Crippen molar-refractivity contribution in [1.29, 1.82) is 0 Å². The molecule has 0 spiro atoms. The van der Waals surface area contributed by atoms with Crippen molar-refractivity contribution in [2.75, 3.05) is 24.5 Å². The number of nitrogens with one attached hydrogen (secondary N) is 1. The van der Waals surface area contributed by atoms with Crippen LogP contribution in [-0.4, -0.2) is 51.4 Å². The third kappa shape index (κ3) is 8.49. The van der Waals surface area contributed by atoms with E-state index < -0.39 is 28.5 Å². The van der Waals surface area contributed by atoms with Crippen LogP contribution in [0.2, 0.25) is 5.02 Å². The zero-order chi connectivity index (χ0) is 30.9. The molecule has 3 aromatic carbocycles. The summed E-state index contributed by atoms with van der Waals surface area (Å²) in [6.45, 7) is 5.83. The van der Waals surface area contributed by atoms with Crippen LogP contribution in [0.1, 0.15) is 44.2 Å². The summed E-state index contributed by atoms with van der Waals surface area (Å²) in [5.41, 5.74) is 2.03. The van der Waals surface area contributed by atoms with Crippen molar-refractivity contribution in [3.05, 3.63) is 87.4 Å². The highest BCUT2D eigenvalue weighted by Crippen LogP contribution is 2.31. The predicted octanol–water partition coefficient (Wildman–Crippen LogP) is 6.34. The zero-order valence-corrected chi connectivity index (χ0v) is 27.4. The van der Waals surface area contributed by atoms with E-state index in [0.29, 0.717) is 33.9 Å². The average molecular weight is 679 g/mol. The molecule has 2 amide bonds. The monoisotopic (exact) mass is 677 g/mol. The minimum Gasteiger partial charge on any atom is -0.496 e. The number of anilines is 1. The average Bonchev–Trinajstić information content (AvgIpc) is 2.97. The summed E-state index contributed by atoms with van der Waals surface area (Å²) in [7, 11) is -2.72. The van der Waals surface area contributed by atoms with Crippen molar-refractivity contribution in [3.8, 4) is 5.75 Å². The summed E-state index contributed by atoms with van der Waals surface area (Å²) < 4.78 is 34.9. The second kappa shape index (κ2) is 15.4. The molecule has 0 saturated carbocycles. The van der Waals surface area contributed by atoms with Crippen LogP contribution in [0.4, 0.5) is 5.69 Å². The molecular weight excluding hydrogens is 642 g/mol. The summed E-state index contributed by atoms with van der Waals surface area (Å²) in [5, 5.41) is 3.47. The third-order valence-corrected chi connectivity index (χ3v) is 9.44. The number of amides is 2. The van der Waals surface area contributed by atoms with Gasteiger partial charge in [0.05, 0.1) is 22.2 Å². The number of hydrogen-bond acceptors (Lipinski definition) is 5. The van der Waals surface area contributed by atoms with Crippen LogP contribution < -0.4 is 14.4 Å². The second-order valence-corrected chi connectivity index (χ2v) is 13.0. The molecule has 11 heteroatoms. The number of carbonyl (C=O) groups is 2. The Morgan fingerprint density at radius 1 is 1.02 bits per heavy atom. The molecular formula is C31H37BrClN3O5S. The van der Waals surface area contributed by atoms with E-state index in [1.165, 1.54) is 24.1 Å². The Bertz CT molecular complexity index is 1470. The molecule has 0 heterocycles. The fourth-order valence-electron chi connectivity index (χ4n) is 4.39. The molecule has 0 aromatic heterocycles. The number of sulfonamides is 1. The summed E-state index contributed by atoms with van der Waals surface area (Å²) in [6.07, 6.45) is 2.07. The lowest BCUT2D eigenvalue weighted by atomic mass is 10.1. The van der Waals surface area contributed by atoms with Crippen LogP contribution in [0.25, 0.3) is 0 Å². The summed E-state index contributed by atoms with van der Waals surface area (Å²) >= 11 is 9.44. The Labute approximate surface area is 262 Å². The number of halogens is 2. The summed E-state index contributed by atoms with van der Waals surface area (Å²) in [4.78, 5) is 28.8. The molecule has 1 N–H and O–H groups in total. The van der Waals surface area contributed by atoms with E-state index >= 15 is 0 Å².